The van der Waals surface area contributed by atoms with E-state index in [4.69, 9.17) is 5.73 Å². The minimum absolute atomic E-state index is 0.347. The van der Waals surface area contributed by atoms with Gasteiger partial charge in [0.25, 0.3) is 5.91 Å². The van der Waals surface area contributed by atoms with Gasteiger partial charge in [-0.05, 0) is 23.9 Å². The second-order valence-corrected chi connectivity index (χ2v) is 7.08. The summed E-state index contributed by atoms with van der Waals surface area (Å²) in [6.07, 6.45) is 0. The number of aryl methyl sites for hydroxylation is 1. The van der Waals surface area contributed by atoms with E-state index in [1.165, 1.54) is 11.3 Å². The zero-order chi connectivity index (χ0) is 17.1. The molecule has 1 atom stereocenters. The molecule has 5 nitrogen and oxygen atoms in total. The molecular formula is C17H15N3O2S2. The van der Waals surface area contributed by atoms with Gasteiger partial charge in [-0.15, -0.1) is 22.7 Å². The number of nitrogens with one attached hydrogen (secondary N) is 1. The maximum absolute atomic E-state index is 12.6. The molecule has 2 heterocycles. The highest BCUT2D eigenvalue weighted by Gasteiger charge is 2.23. The van der Waals surface area contributed by atoms with E-state index in [2.05, 4.69) is 10.3 Å². The van der Waals surface area contributed by atoms with E-state index >= 15 is 0 Å². The van der Waals surface area contributed by atoms with Crippen LogP contribution in [0, 0.1) is 6.92 Å². The van der Waals surface area contributed by atoms with Crippen LogP contribution >= 0.6 is 22.7 Å². The molecule has 3 rings (SSSR count). The first-order valence-corrected chi connectivity index (χ1v) is 8.92. The molecule has 0 aliphatic carbocycles. The molecule has 2 aromatic heterocycles. The summed E-state index contributed by atoms with van der Waals surface area (Å²) >= 11 is 2.88. The third kappa shape index (κ3) is 3.37. The molecule has 0 saturated carbocycles. The van der Waals surface area contributed by atoms with Crippen molar-refractivity contribution in [3.63, 3.8) is 0 Å². The van der Waals surface area contributed by atoms with Crippen LogP contribution < -0.4 is 11.1 Å². The fourth-order valence-electron chi connectivity index (χ4n) is 2.27. The molecule has 0 bridgehead atoms. The Morgan fingerprint density at radius 2 is 1.92 bits per heavy atom. The smallest absolute Gasteiger partial charge is 0.264 e. The van der Waals surface area contributed by atoms with Gasteiger partial charge in [0.05, 0.1) is 10.6 Å². The van der Waals surface area contributed by atoms with Crippen molar-refractivity contribution in [1.29, 1.82) is 0 Å². The number of carbonyl (C=O) groups excluding carboxylic acids is 2. The van der Waals surface area contributed by atoms with E-state index in [0.717, 1.165) is 9.88 Å². The van der Waals surface area contributed by atoms with Gasteiger partial charge in [-0.25, -0.2) is 4.98 Å². The Bertz CT molecular complexity index is 857. The molecule has 0 fully saturated rings. The van der Waals surface area contributed by atoms with Crippen LogP contribution in [0.2, 0.25) is 0 Å². The lowest BCUT2D eigenvalue weighted by atomic mass is 10.1. The molecule has 0 saturated heterocycles. The van der Waals surface area contributed by atoms with E-state index in [0.29, 0.717) is 16.1 Å². The average molecular weight is 357 g/mol. The summed E-state index contributed by atoms with van der Waals surface area (Å²) in [5.74, 6) is -0.948. The molecule has 3 N–H and O–H groups in total. The topological polar surface area (TPSA) is 85.1 Å². The van der Waals surface area contributed by atoms with Gasteiger partial charge in [-0.2, -0.15) is 0 Å². The first-order valence-electron chi connectivity index (χ1n) is 7.22. The van der Waals surface area contributed by atoms with Crippen LogP contribution in [0.15, 0.2) is 47.8 Å². The maximum atomic E-state index is 12.6. The summed E-state index contributed by atoms with van der Waals surface area (Å²) in [6.45, 7) is 1.78. The molecule has 7 heteroatoms. The standard InChI is InChI=1S/C17H15N3O2S2/c1-10-14(24-17(19-10)12-8-5-9-23-12)16(22)20-13(15(18)21)11-6-3-2-4-7-11/h2-9,13H,1H3,(H2,18,21)(H,20,22). The Morgan fingerprint density at radius 1 is 1.17 bits per heavy atom. The lowest BCUT2D eigenvalue weighted by Gasteiger charge is -2.15. The van der Waals surface area contributed by atoms with Gasteiger partial charge in [0.15, 0.2) is 0 Å². The number of primary amides is 1. The molecule has 0 aliphatic heterocycles. The van der Waals surface area contributed by atoms with Crippen molar-refractivity contribution in [2.75, 3.05) is 0 Å². The fourth-order valence-corrected chi connectivity index (χ4v) is 4.04. The van der Waals surface area contributed by atoms with Crippen molar-refractivity contribution in [1.82, 2.24) is 10.3 Å². The van der Waals surface area contributed by atoms with Crippen molar-refractivity contribution in [2.24, 2.45) is 5.73 Å². The molecule has 122 valence electrons. The van der Waals surface area contributed by atoms with E-state index < -0.39 is 11.9 Å². The zero-order valence-electron chi connectivity index (χ0n) is 12.9. The van der Waals surface area contributed by atoms with Crippen molar-refractivity contribution in [3.8, 4) is 9.88 Å². The van der Waals surface area contributed by atoms with Crippen molar-refractivity contribution in [2.45, 2.75) is 13.0 Å². The Morgan fingerprint density at radius 3 is 2.54 bits per heavy atom. The van der Waals surface area contributed by atoms with Gasteiger partial charge in [0.1, 0.15) is 15.9 Å². The number of carbonyl (C=O) groups is 2. The third-order valence-electron chi connectivity index (χ3n) is 3.43. The Labute approximate surface area is 147 Å². The lowest BCUT2D eigenvalue weighted by Crippen LogP contribution is -2.37. The van der Waals surface area contributed by atoms with Crippen molar-refractivity contribution in [3.05, 3.63) is 64.0 Å². The first-order chi connectivity index (χ1) is 11.6. The summed E-state index contributed by atoms with van der Waals surface area (Å²) in [6, 6.07) is 12.0. The minimum atomic E-state index is -0.870. The largest absolute Gasteiger partial charge is 0.368 e. The Hall–Kier alpha value is -2.51. The lowest BCUT2D eigenvalue weighted by molar-refractivity contribution is -0.120. The predicted octanol–water partition coefficient (Wildman–Crippen LogP) is 3.14. The van der Waals surface area contributed by atoms with E-state index in [9.17, 15) is 9.59 Å². The van der Waals surface area contributed by atoms with Crippen LogP contribution in [0.1, 0.15) is 27.0 Å². The van der Waals surface area contributed by atoms with Crippen LogP contribution in [0.25, 0.3) is 9.88 Å². The van der Waals surface area contributed by atoms with Gasteiger partial charge >= 0.3 is 0 Å². The SMILES string of the molecule is Cc1nc(-c2cccs2)sc1C(=O)NC(C(N)=O)c1ccccc1. The monoisotopic (exact) mass is 357 g/mol. The summed E-state index contributed by atoms with van der Waals surface area (Å²) in [5, 5.41) is 5.47. The predicted molar refractivity (Wildman–Crippen MR) is 96.0 cm³/mol. The number of benzene rings is 1. The zero-order valence-corrected chi connectivity index (χ0v) is 14.5. The van der Waals surface area contributed by atoms with Crippen LogP contribution in [-0.4, -0.2) is 16.8 Å². The van der Waals surface area contributed by atoms with Gasteiger partial charge in [0, 0.05) is 0 Å². The Kier molecular flexibility index (Phi) is 4.73. The highest BCUT2D eigenvalue weighted by molar-refractivity contribution is 7.22. The second kappa shape index (κ2) is 6.94. The number of hydrogen-bond acceptors (Lipinski definition) is 5. The molecule has 0 spiro atoms. The van der Waals surface area contributed by atoms with E-state index in [-0.39, 0.29) is 5.91 Å². The van der Waals surface area contributed by atoms with Crippen LogP contribution in [-0.2, 0) is 4.79 Å². The fraction of sp³-hybridized carbons (Fsp3) is 0.118. The van der Waals surface area contributed by atoms with Crippen LogP contribution in [0.3, 0.4) is 0 Å². The normalized spacial score (nSPS) is 11.9. The molecule has 3 aromatic rings. The van der Waals surface area contributed by atoms with Gasteiger partial charge in [0.2, 0.25) is 5.91 Å². The number of thiophene rings is 1. The summed E-state index contributed by atoms with van der Waals surface area (Å²) in [5.41, 5.74) is 6.74. The number of aromatic nitrogens is 1. The molecule has 2 amide bonds. The van der Waals surface area contributed by atoms with Crippen molar-refractivity contribution < 1.29 is 9.59 Å². The van der Waals surface area contributed by atoms with E-state index in [1.54, 1.807) is 42.5 Å². The highest BCUT2D eigenvalue weighted by Crippen LogP contribution is 2.31. The average Bonchev–Trinajstić information content (AvgIpc) is 3.22. The number of nitrogens with two attached hydrogens (primary N) is 1. The number of hydrogen-bond donors (Lipinski definition) is 2. The minimum Gasteiger partial charge on any atom is -0.368 e. The molecular weight excluding hydrogens is 342 g/mol. The molecule has 0 aliphatic rings. The van der Waals surface area contributed by atoms with Crippen LogP contribution in [0.5, 0.6) is 0 Å². The first kappa shape index (κ1) is 16.4. The Balaban J connectivity index is 1.85. The second-order valence-electron chi connectivity index (χ2n) is 5.13. The number of thiazole rings is 1. The molecule has 24 heavy (non-hydrogen) atoms. The van der Waals surface area contributed by atoms with Gasteiger partial charge < -0.3 is 11.1 Å². The van der Waals surface area contributed by atoms with Crippen molar-refractivity contribution >= 4 is 34.5 Å². The van der Waals surface area contributed by atoms with E-state index in [1.807, 2.05) is 23.6 Å². The molecule has 1 unspecified atom stereocenters. The van der Waals surface area contributed by atoms with Gasteiger partial charge in [-0.1, -0.05) is 36.4 Å². The third-order valence-corrected chi connectivity index (χ3v) is 5.62. The summed E-state index contributed by atoms with van der Waals surface area (Å²) in [4.78, 5) is 30.3. The van der Waals surface area contributed by atoms with Gasteiger partial charge in [-0.3, -0.25) is 9.59 Å². The van der Waals surface area contributed by atoms with Crippen LogP contribution in [0.4, 0.5) is 0 Å². The molecule has 0 radical (unpaired) electrons. The number of nitrogens with zero attached hydrogens (tertiary/aromatic N) is 1. The number of amides is 2. The maximum Gasteiger partial charge on any atom is 0.264 e. The number of rotatable bonds is 5. The highest BCUT2D eigenvalue weighted by atomic mass is 32.1. The quantitative estimate of drug-likeness (QED) is 0.735. The summed E-state index contributed by atoms with van der Waals surface area (Å²) < 4.78 is 0. The summed E-state index contributed by atoms with van der Waals surface area (Å²) in [7, 11) is 0. The molecule has 1 aromatic carbocycles.